The molecule has 0 atom stereocenters. The average molecular weight is 403 g/mol. The van der Waals surface area contributed by atoms with Crippen LogP contribution in [-0.4, -0.2) is 49.7 Å². The van der Waals surface area contributed by atoms with E-state index in [0.717, 1.165) is 15.6 Å². The molecule has 1 aliphatic rings. The van der Waals surface area contributed by atoms with Crippen molar-refractivity contribution in [3.8, 4) is 0 Å². The SMILES string of the molecule is CC(=O)N1CCN(S(=O)(=O)c2cc(C)c(Br)cc2C(C)C)CC1. The van der Waals surface area contributed by atoms with Crippen molar-refractivity contribution in [3.05, 3.63) is 27.7 Å². The van der Waals surface area contributed by atoms with Crippen molar-refractivity contribution >= 4 is 31.9 Å². The highest BCUT2D eigenvalue weighted by molar-refractivity contribution is 9.10. The van der Waals surface area contributed by atoms with Gasteiger partial charge in [0, 0.05) is 37.6 Å². The molecular formula is C16H23BrN2O3S. The lowest BCUT2D eigenvalue weighted by Crippen LogP contribution is -2.50. The van der Waals surface area contributed by atoms with Crippen LogP contribution in [0.4, 0.5) is 0 Å². The zero-order valence-electron chi connectivity index (χ0n) is 14.0. The average Bonchev–Trinajstić information content (AvgIpc) is 2.49. The van der Waals surface area contributed by atoms with Crippen molar-refractivity contribution in [2.24, 2.45) is 0 Å². The molecule has 1 aromatic rings. The van der Waals surface area contributed by atoms with Gasteiger partial charge in [0.1, 0.15) is 0 Å². The van der Waals surface area contributed by atoms with Gasteiger partial charge in [-0.1, -0.05) is 29.8 Å². The third-order valence-electron chi connectivity index (χ3n) is 4.21. The minimum Gasteiger partial charge on any atom is -0.340 e. The van der Waals surface area contributed by atoms with Crippen molar-refractivity contribution in [3.63, 3.8) is 0 Å². The van der Waals surface area contributed by atoms with Gasteiger partial charge in [-0.25, -0.2) is 8.42 Å². The van der Waals surface area contributed by atoms with Crippen LogP contribution < -0.4 is 0 Å². The molecule has 1 amide bonds. The molecule has 1 aromatic carbocycles. The summed E-state index contributed by atoms with van der Waals surface area (Å²) in [4.78, 5) is 13.5. The van der Waals surface area contributed by atoms with E-state index in [0.29, 0.717) is 31.1 Å². The Morgan fingerprint density at radius 3 is 2.22 bits per heavy atom. The fraction of sp³-hybridized carbons (Fsp3) is 0.562. The van der Waals surface area contributed by atoms with Crippen LogP contribution in [0.15, 0.2) is 21.5 Å². The molecule has 128 valence electrons. The second-order valence-electron chi connectivity index (χ2n) is 6.20. The largest absolute Gasteiger partial charge is 0.340 e. The Labute approximate surface area is 146 Å². The topological polar surface area (TPSA) is 57.7 Å². The summed E-state index contributed by atoms with van der Waals surface area (Å²) in [6.07, 6.45) is 0. The number of piperazine rings is 1. The number of amides is 1. The third kappa shape index (κ3) is 3.78. The minimum absolute atomic E-state index is 0.00981. The van der Waals surface area contributed by atoms with Crippen molar-refractivity contribution in [2.75, 3.05) is 26.2 Å². The quantitative estimate of drug-likeness (QED) is 0.780. The maximum Gasteiger partial charge on any atom is 0.243 e. The summed E-state index contributed by atoms with van der Waals surface area (Å²) in [7, 11) is -3.55. The number of hydrogen-bond donors (Lipinski definition) is 0. The number of nitrogens with zero attached hydrogens (tertiary/aromatic N) is 2. The van der Waals surface area contributed by atoms with Gasteiger partial charge in [0.05, 0.1) is 4.90 Å². The molecule has 0 radical (unpaired) electrons. The first-order valence-electron chi connectivity index (χ1n) is 7.70. The smallest absolute Gasteiger partial charge is 0.243 e. The van der Waals surface area contributed by atoms with Gasteiger partial charge in [-0.15, -0.1) is 0 Å². The Morgan fingerprint density at radius 2 is 1.74 bits per heavy atom. The lowest BCUT2D eigenvalue weighted by atomic mass is 10.0. The number of sulfonamides is 1. The number of hydrogen-bond acceptors (Lipinski definition) is 3. The molecule has 1 heterocycles. The Hall–Kier alpha value is -0.920. The highest BCUT2D eigenvalue weighted by Crippen LogP contribution is 2.32. The zero-order valence-corrected chi connectivity index (χ0v) is 16.4. The maximum atomic E-state index is 13.1. The Morgan fingerprint density at radius 1 is 1.17 bits per heavy atom. The van der Waals surface area contributed by atoms with Crippen LogP contribution in [0.1, 0.15) is 37.8 Å². The second-order valence-corrected chi connectivity index (χ2v) is 8.96. The molecule has 0 aromatic heterocycles. The first-order chi connectivity index (χ1) is 10.6. The maximum absolute atomic E-state index is 13.1. The molecule has 0 bridgehead atoms. The van der Waals surface area contributed by atoms with Gasteiger partial charge in [0.25, 0.3) is 0 Å². The Balaban J connectivity index is 2.37. The molecule has 0 spiro atoms. The van der Waals surface area contributed by atoms with E-state index in [-0.39, 0.29) is 11.8 Å². The van der Waals surface area contributed by atoms with Crippen molar-refractivity contribution < 1.29 is 13.2 Å². The lowest BCUT2D eigenvalue weighted by Gasteiger charge is -2.34. The van der Waals surface area contributed by atoms with Crippen molar-refractivity contribution in [1.29, 1.82) is 0 Å². The molecule has 1 fully saturated rings. The normalized spacial score (nSPS) is 16.9. The molecule has 7 heteroatoms. The number of aryl methyl sites for hydroxylation is 1. The first-order valence-corrected chi connectivity index (χ1v) is 9.93. The van der Waals surface area contributed by atoms with E-state index in [1.54, 1.807) is 11.0 Å². The van der Waals surface area contributed by atoms with E-state index < -0.39 is 10.0 Å². The Bertz CT molecular complexity index is 708. The van der Waals surface area contributed by atoms with E-state index in [2.05, 4.69) is 15.9 Å². The van der Waals surface area contributed by atoms with E-state index in [9.17, 15) is 13.2 Å². The van der Waals surface area contributed by atoms with Crippen LogP contribution in [0.2, 0.25) is 0 Å². The van der Waals surface area contributed by atoms with Crippen LogP contribution in [-0.2, 0) is 14.8 Å². The van der Waals surface area contributed by atoms with Crippen LogP contribution in [0, 0.1) is 6.92 Å². The molecule has 0 N–H and O–H groups in total. The summed E-state index contributed by atoms with van der Waals surface area (Å²) >= 11 is 3.48. The van der Waals surface area contributed by atoms with Gasteiger partial charge in [-0.2, -0.15) is 4.31 Å². The summed E-state index contributed by atoms with van der Waals surface area (Å²) in [5.41, 5.74) is 1.71. The monoisotopic (exact) mass is 402 g/mol. The van der Waals surface area contributed by atoms with Gasteiger partial charge in [-0.3, -0.25) is 4.79 Å². The van der Waals surface area contributed by atoms with E-state index in [4.69, 9.17) is 0 Å². The van der Waals surface area contributed by atoms with Crippen molar-refractivity contribution in [2.45, 2.75) is 38.5 Å². The summed E-state index contributed by atoms with van der Waals surface area (Å²) in [5, 5.41) is 0. The third-order valence-corrected chi connectivity index (χ3v) is 7.02. The van der Waals surface area contributed by atoms with E-state index in [1.807, 2.05) is 26.8 Å². The predicted molar refractivity (Wildman–Crippen MR) is 94.0 cm³/mol. The molecule has 23 heavy (non-hydrogen) atoms. The molecule has 0 aliphatic carbocycles. The summed E-state index contributed by atoms with van der Waals surface area (Å²) in [6, 6.07) is 3.64. The molecule has 1 saturated heterocycles. The van der Waals surface area contributed by atoms with Gasteiger partial charge in [-0.05, 0) is 36.1 Å². The fourth-order valence-corrected chi connectivity index (χ4v) is 4.93. The van der Waals surface area contributed by atoms with E-state index >= 15 is 0 Å². The summed E-state index contributed by atoms with van der Waals surface area (Å²) in [6.45, 7) is 8.96. The zero-order chi connectivity index (χ0) is 17.4. The molecule has 2 rings (SSSR count). The molecule has 0 unspecified atom stereocenters. The number of halogens is 1. The van der Waals surface area contributed by atoms with Crippen LogP contribution in [0.25, 0.3) is 0 Å². The minimum atomic E-state index is -3.55. The molecule has 1 aliphatic heterocycles. The van der Waals surface area contributed by atoms with Crippen LogP contribution >= 0.6 is 15.9 Å². The fourth-order valence-electron chi connectivity index (χ4n) is 2.73. The number of carbonyl (C=O) groups is 1. The second kappa shape index (κ2) is 6.91. The van der Waals surface area contributed by atoms with Gasteiger partial charge >= 0.3 is 0 Å². The molecule has 5 nitrogen and oxygen atoms in total. The predicted octanol–water partition coefficient (Wildman–Crippen LogP) is 2.73. The Kier molecular flexibility index (Phi) is 5.53. The summed E-state index contributed by atoms with van der Waals surface area (Å²) < 4.78 is 28.5. The van der Waals surface area contributed by atoms with E-state index in [1.165, 1.54) is 11.2 Å². The van der Waals surface area contributed by atoms with Gasteiger partial charge < -0.3 is 4.90 Å². The number of carbonyl (C=O) groups excluding carboxylic acids is 1. The molecular weight excluding hydrogens is 380 g/mol. The highest BCUT2D eigenvalue weighted by Gasteiger charge is 2.31. The van der Waals surface area contributed by atoms with Crippen molar-refractivity contribution in [1.82, 2.24) is 9.21 Å². The summed E-state index contributed by atoms with van der Waals surface area (Å²) in [5.74, 6) is 0.0968. The number of benzene rings is 1. The van der Waals surface area contributed by atoms with Crippen LogP contribution in [0.5, 0.6) is 0 Å². The lowest BCUT2D eigenvalue weighted by molar-refractivity contribution is -0.129. The number of rotatable bonds is 3. The standard InChI is InChI=1S/C16H23BrN2O3S/c1-11(2)14-10-15(17)12(3)9-16(14)23(21,22)19-7-5-18(6-8-19)13(4)20/h9-11H,5-8H2,1-4H3. The van der Waals surface area contributed by atoms with Gasteiger partial charge in [0.2, 0.25) is 15.9 Å². The van der Waals surface area contributed by atoms with Crippen LogP contribution in [0.3, 0.4) is 0 Å². The van der Waals surface area contributed by atoms with Gasteiger partial charge in [0.15, 0.2) is 0 Å². The first kappa shape index (κ1) is 18.4. The molecule has 0 saturated carbocycles. The highest BCUT2D eigenvalue weighted by atomic mass is 79.9.